The Balaban J connectivity index is 2.16. The second kappa shape index (κ2) is 7.47. The number of aromatic nitrogens is 1. The van der Waals surface area contributed by atoms with Gasteiger partial charge in [0.05, 0.1) is 11.9 Å². The molecule has 0 saturated carbocycles. The van der Waals surface area contributed by atoms with Crippen molar-refractivity contribution in [2.75, 3.05) is 0 Å². The quantitative estimate of drug-likeness (QED) is 0.580. The highest BCUT2D eigenvalue weighted by atomic mass is 19.4. The standard InChI is InChI=1S/C19H16F3N3O4/c20-19(21,22)29-13-5-4-11-7-16(18(24)28)25(15(11)8-13)12-3-1-2-10(6-12)14(23)9-17(26)27/h1-8,14H,9,23H2,(H2,24,28)(H,26,27). The summed E-state index contributed by atoms with van der Waals surface area (Å²) >= 11 is 0. The van der Waals surface area contributed by atoms with Gasteiger partial charge in [-0.25, -0.2) is 0 Å². The molecule has 1 heterocycles. The third-order valence-electron chi connectivity index (χ3n) is 4.21. The SMILES string of the molecule is NC(=O)c1cc2ccc(OC(F)(F)F)cc2n1-c1cccc(C(N)CC(=O)O)c1. The van der Waals surface area contributed by atoms with Crippen molar-refractivity contribution in [3.05, 3.63) is 59.8 Å². The Kier molecular flexibility index (Phi) is 5.21. The molecule has 0 bridgehead atoms. The van der Waals surface area contributed by atoms with E-state index in [4.69, 9.17) is 16.6 Å². The summed E-state index contributed by atoms with van der Waals surface area (Å²) in [5.74, 6) is -2.33. The molecular formula is C19H16F3N3O4. The van der Waals surface area contributed by atoms with Gasteiger partial charge in [0.25, 0.3) is 5.91 Å². The number of amides is 1. The van der Waals surface area contributed by atoms with Gasteiger partial charge < -0.3 is 25.9 Å². The van der Waals surface area contributed by atoms with Crippen molar-refractivity contribution in [1.29, 1.82) is 0 Å². The summed E-state index contributed by atoms with van der Waals surface area (Å²) in [6, 6.07) is 10.6. The number of nitrogens with two attached hydrogens (primary N) is 2. The molecule has 0 aliphatic heterocycles. The Bertz CT molecular complexity index is 1090. The van der Waals surface area contributed by atoms with E-state index in [1.807, 2.05) is 0 Å². The molecule has 0 aliphatic rings. The highest BCUT2D eigenvalue weighted by molar-refractivity contribution is 5.99. The molecule has 1 atom stereocenters. The summed E-state index contributed by atoms with van der Waals surface area (Å²) in [4.78, 5) is 22.8. The number of halogens is 3. The molecule has 7 nitrogen and oxygen atoms in total. The van der Waals surface area contributed by atoms with Crippen molar-refractivity contribution in [3.8, 4) is 11.4 Å². The maximum absolute atomic E-state index is 12.6. The highest BCUT2D eigenvalue weighted by Gasteiger charge is 2.31. The van der Waals surface area contributed by atoms with E-state index < -0.39 is 30.0 Å². The maximum Gasteiger partial charge on any atom is 0.573 e. The van der Waals surface area contributed by atoms with Crippen molar-refractivity contribution in [2.45, 2.75) is 18.8 Å². The molecule has 3 rings (SSSR count). The molecule has 29 heavy (non-hydrogen) atoms. The molecule has 1 aromatic heterocycles. The summed E-state index contributed by atoms with van der Waals surface area (Å²) in [5.41, 5.74) is 12.5. The second-order valence-electron chi connectivity index (χ2n) is 6.30. The number of carbonyl (C=O) groups excluding carboxylic acids is 1. The van der Waals surface area contributed by atoms with Gasteiger partial charge in [0.2, 0.25) is 0 Å². The van der Waals surface area contributed by atoms with E-state index in [0.29, 0.717) is 16.6 Å². The highest BCUT2D eigenvalue weighted by Crippen LogP contribution is 2.31. The Morgan fingerprint density at radius 1 is 1.14 bits per heavy atom. The van der Waals surface area contributed by atoms with Crippen LogP contribution in [0.5, 0.6) is 5.75 Å². The third-order valence-corrected chi connectivity index (χ3v) is 4.21. The van der Waals surface area contributed by atoms with Gasteiger partial charge in [-0.3, -0.25) is 9.59 Å². The first-order valence-electron chi connectivity index (χ1n) is 8.34. The van der Waals surface area contributed by atoms with Crippen LogP contribution in [-0.2, 0) is 4.79 Å². The van der Waals surface area contributed by atoms with E-state index in [1.165, 1.54) is 16.7 Å². The van der Waals surface area contributed by atoms with Crippen LogP contribution < -0.4 is 16.2 Å². The lowest BCUT2D eigenvalue weighted by atomic mass is 10.0. The fourth-order valence-electron chi connectivity index (χ4n) is 3.04. The summed E-state index contributed by atoms with van der Waals surface area (Å²) in [6.45, 7) is 0. The Morgan fingerprint density at radius 2 is 1.86 bits per heavy atom. The van der Waals surface area contributed by atoms with Gasteiger partial charge in [0, 0.05) is 23.2 Å². The van der Waals surface area contributed by atoms with Crippen LogP contribution in [0.4, 0.5) is 13.2 Å². The molecule has 0 saturated heterocycles. The lowest BCUT2D eigenvalue weighted by molar-refractivity contribution is -0.274. The van der Waals surface area contributed by atoms with Crippen molar-refractivity contribution in [2.24, 2.45) is 11.5 Å². The number of fused-ring (bicyclic) bond motifs is 1. The predicted molar refractivity (Wildman–Crippen MR) is 97.7 cm³/mol. The van der Waals surface area contributed by atoms with Crippen LogP contribution in [0.25, 0.3) is 16.6 Å². The molecule has 1 amide bonds. The van der Waals surface area contributed by atoms with Crippen molar-refractivity contribution in [1.82, 2.24) is 4.57 Å². The van der Waals surface area contributed by atoms with Crippen LogP contribution in [0.3, 0.4) is 0 Å². The zero-order valence-electron chi connectivity index (χ0n) is 14.8. The first-order chi connectivity index (χ1) is 13.5. The fourth-order valence-corrected chi connectivity index (χ4v) is 3.04. The number of ether oxygens (including phenoxy) is 1. The van der Waals surface area contributed by atoms with Gasteiger partial charge in [-0.1, -0.05) is 12.1 Å². The topological polar surface area (TPSA) is 121 Å². The lowest BCUT2D eigenvalue weighted by Gasteiger charge is -2.14. The monoisotopic (exact) mass is 407 g/mol. The molecule has 0 aliphatic carbocycles. The molecule has 2 aromatic carbocycles. The van der Waals surface area contributed by atoms with E-state index in [2.05, 4.69) is 4.74 Å². The number of carboxylic acid groups (broad SMARTS) is 1. The van der Waals surface area contributed by atoms with Crippen LogP contribution in [0.1, 0.15) is 28.5 Å². The summed E-state index contributed by atoms with van der Waals surface area (Å²) in [5, 5.41) is 9.39. The lowest BCUT2D eigenvalue weighted by Crippen LogP contribution is -2.18. The molecule has 0 spiro atoms. The number of rotatable bonds is 6. The Hall–Kier alpha value is -3.53. The first-order valence-corrected chi connectivity index (χ1v) is 8.34. The Morgan fingerprint density at radius 3 is 2.48 bits per heavy atom. The second-order valence-corrected chi connectivity index (χ2v) is 6.30. The van der Waals surface area contributed by atoms with Crippen molar-refractivity contribution < 1.29 is 32.6 Å². The Labute approximate surface area is 162 Å². The number of carbonyl (C=O) groups is 2. The van der Waals surface area contributed by atoms with Crippen molar-refractivity contribution >= 4 is 22.8 Å². The van der Waals surface area contributed by atoms with Gasteiger partial charge in [-0.05, 0) is 35.9 Å². The van der Waals surface area contributed by atoms with Crippen LogP contribution >= 0.6 is 0 Å². The van der Waals surface area contributed by atoms with E-state index in [9.17, 15) is 22.8 Å². The average Bonchev–Trinajstić information content (AvgIpc) is 2.99. The van der Waals surface area contributed by atoms with E-state index in [-0.39, 0.29) is 17.6 Å². The number of alkyl halides is 3. The van der Waals surface area contributed by atoms with Gasteiger partial charge in [0.1, 0.15) is 11.4 Å². The van der Waals surface area contributed by atoms with Crippen LogP contribution in [0, 0.1) is 0 Å². The summed E-state index contributed by atoms with van der Waals surface area (Å²) < 4.78 is 43.1. The molecule has 10 heteroatoms. The normalized spacial score (nSPS) is 12.7. The number of aliphatic carboxylic acids is 1. The number of hydrogen-bond acceptors (Lipinski definition) is 4. The smallest absolute Gasteiger partial charge is 0.481 e. The van der Waals surface area contributed by atoms with Crippen molar-refractivity contribution in [3.63, 3.8) is 0 Å². The minimum Gasteiger partial charge on any atom is -0.481 e. The predicted octanol–water partition coefficient (Wildman–Crippen LogP) is 3.10. The zero-order chi connectivity index (χ0) is 21.3. The molecule has 0 fully saturated rings. The maximum atomic E-state index is 12.6. The number of nitrogens with zero attached hydrogens (tertiary/aromatic N) is 1. The van der Waals surface area contributed by atoms with E-state index in [0.717, 1.165) is 12.1 Å². The van der Waals surface area contributed by atoms with Gasteiger partial charge in [0.15, 0.2) is 0 Å². The van der Waals surface area contributed by atoms with Gasteiger partial charge in [-0.2, -0.15) is 0 Å². The number of hydrogen-bond donors (Lipinski definition) is 3. The third kappa shape index (κ3) is 4.49. The average molecular weight is 407 g/mol. The summed E-state index contributed by atoms with van der Waals surface area (Å²) in [6.07, 6.45) is -5.19. The molecular weight excluding hydrogens is 391 g/mol. The molecule has 152 valence electrons. The number of carboxylic acids is 1. The van der Waals surface area contributed by atoms with Gasteiger partial charge in [-0.15, -0.1) is 13.2 Å². The molecule has 0 radical (unpaired) electrons. The molecule has 3 aromatic rings. The number of primary amides is 1. The largest absolute Gasteiger partial charge is 0.573 e. The van der Waals surface area contributed by atoms with Crippen LogP contribution in [0.2, 0.25) is 0 Å². The summed E-state index contributed by atoms with van der Waals surface area (Å²) in [7, 11) is 0. The minimum atomic E-state index is -4.87. The van der Waals surface area contributed by atoms with Crippen LogP contribution in [-0.4, -0.2) is 27.9 Å². The fraction of sp³-hybridized carbons (Fsp3) is 0.158. The van der Waals surface area contributed by atoms with Crippen LogP contribution in [0.15, 0.2) is 48.5 Å². The number of benzene rings is 2. The first kappa shape index (κ1) is 20.2. The zero-order valence-corrected chi connectivity index (χ0v) is 14.8. The van der Waals surface area contributed by atoms with Gasteiger partial charge >= 0.3 is 12.3 Å². The molecule has 5 N–H and O–H groups in total. The minimum absolute atomic E-state index is 0.0353. The van der Waals surface area contributed by atoms with E-state index >= 15 is 0 Å². The molecule has 1 unspecified atom stereocenters. The van der Waals surface area contributed by atoms with E-state index in [1.54, 1.807) is 24.3 Å².